The van der Waals surface area contributed by atoms with Gasteiger partial charge in [0.05, 0.1) is 12.7 Å². The maximum Gasteiger partial charge on any atom is 0.410 e. The Bertz CT molecular complexity index is 1700. The Labute approximate surface area is 279 Å². The van der Waals surface area contributed by atoms with E-state index in [1.807, 2.05) is 0 Å². The van der Waals surface area contributed by atoms with Gasteiger partial charge in [-0.3, -0.25) is 35.3 Å². The molecule has 0 aliphatic carbocycles. The standard InChI is InChI=1S/C10H15N5O2.C9H13N3O2.C7H7N5O2.3CH4/c1-5(2)8(16)13-10-12-7-6(9(17)14-10)11-4-15(7)3;1-6(2)8(13)10-7-4-5-12(3)9(14)11-7;1-12-3-10-4-5(11-7(13)14)8-2-9-6(4)12;;;/h4-7H,1-3H3,(H2,12,13,14,16,17);4-6H,1-3H3,(H,10,11,13,14);2-3H,1H3,(H,13,14)(H,8,9,11);3*1H4. The van der Waals surface area contributed by atoms with Crippen molar-refractivity contribution in [2.45, 2.75) is 62.2 Å². The lowest BCUT2D eigenvalue weighted by molar-refractivity contribution is -0.123. The van der Waals surface area contributed by atoms with Crippen molar-refractivity contribution in [2.24, 2.45) is 35.9 Å². The number of aromatic nitrogens is 6. The topological polar surface area (TPSA) is 243 Å². The molecule has 0 bridgehead atoms. The third-order valence-electron chi connectivity index (χ3n) is 6.12. The van der Waals surface area contributed by atoms with E-state index in [4.69, 9.17) is 5.11 Å². The fourth-order valence-electron chi connectivity index (χ4n) is 3.53. The Hall–Kier alpha value is -5.75. The van der Waals surface area contributed by atoms with E-state index >= 15 is 0 Å². The molecule has 3 aromatic rings. The van der Waals surface area contributed by atoms with Crippen LogP contribution in [0.3, 0.4) is 0 Å². The number of likely N-dealkylation sites (N-methyl/N-ethyl adjacent to an activating group) is 1. The van der Waals surface area contributed by atoms with Gasteiger partial charge >= 0.3 is 11.8 Å². The zero-order valence-electron chi connectivity index (χ0n) is 25.7. The number of aryl methyl sites for hydroxylation is 2. The molecular weight excluding hydrogens is 626 g/mol. The first-order valence-corrected chi connectivity index (χ1v) is 13.6. The van der Waals surface area contributed by atoms with E-state index in [1.54, 1.807) is 83.2 Å². The first-order chi connectivity index (χ1) is 21.2. The highest BCUT2D eigenvalue weighted by Gasteiger charge is 2.38. The minimum absolute atomic E-state index is 0. The van der Waals surface area contributed by atoms with Gasteiger partial charge in [0.1, 0.15) is 12.1 Å². The SMILES string of the molecule is C.C.C.CC(C)C(=O)NC1=NC2C(N=CN2C)C(=O)N1.CC(C)C(=O)Nc1ccn(C)c(=O)n1.Cn1cnc2c(NC(=O)O)ncnc21. The Kier molecular flexibility index (Phi) is 16.2. The van der Waals surface area contributed by atoms with Crippen molar-refractivity contribution in [3.05, 3.63) is 35.4 Å². The zero-order valence-corrected chi connectivity index (χ0v) is 25.7. The predicted molar refractivity (Wildman–Crippen MR) is 183 cm³/mol. The molecule has 5 heterocycles. The van der Waals surface area contributed by atoms with Crippen LogP contribution in [0, 0.1) is 11.8 Å². The summed E-state index contributed by atoms with van der Waals surface area (Å²) in [6, 6.07) is 1.07. The molecule has 2 atom stereocenters. The summed E-state index contributed by atoms with van der Waals surface area (Å²) in [4.78, 5) is 81.4. The summed E-state index contributed by atoms with van der Waals surface area (Å²) in [5.41, 5.74) is 0.646. The fraction of sp³-hybridized carbons (Fsp3) is 0.483. The summed E-state index contributed by atoms with van der Waals surface area (Å²) in [5.74, 6) is -0.160. The van der Waals surface area contributed by atoms with Gasteiger partial charge in [-0.15, -0.1) is 0 Å². The lowest BCUT2D eigenvalue weighted by Gasteiger charge is -2.26. The monoisotopic (exact) mass is 673 g/mol. The molecule has 0 fully saturated rings. The summed E-state index contributed by atoms with van der Waals surface area (Å²) in [6.07, 6.45) is 4.44. The second kappa shape index (κ2) is 18.4. The van der Waals surface area contributed by atoms with E-state index < -0.39 is 12.1 Å². The number of nitrogens with zero attached hydrogens (tertiary/aromatic N) is 9. The van der Waals surface area contributed by atoms with Crippen LogP contribution < -0.4 is 27.0 Å². The highest BCUT2D eigenvalue weighted by atomic mass is 16.4. The fourth-order valence-corrected chi connectivity index (χ4v) is 3.53. The van der Waals surface area contributed by atoms with Gasteiger partial charge in [0.2, 0.25) is 17.8 Å². The number of amides is 4. The Morgan fingerprint density at radius 2 is 1.52 bits per heavy atom. The largest absolute Gasteiger partial charge is 0.465 e. The predicted octanol–water partition coefficient (Wildman–Crippen LogP) is 1.65. The summed E-state index contributed by atoms with van der Waals surface area (Å²) < 4.78 is 3.02. The van der Waals surface area contributed by atoms with Crippen molar-refractivity contribution in [3.8, 4) is 0 Å². The van der Waals surface area contributed by atoms with Gasteiger partial charge in [0, 0.05) is 39.2 Å². The molecule has 19 nitrogen and oxygen atoms in total. The molecule has 0 saturated carbocycles. The van der Waals surface area contributed by atoms with Crippen LogP contribution in [0.25, 0.3) is 11.2 Å². The number of carbonyl (C=O) groups excluding carboxylic acids is 3. The van der Waals surface area contributed by atoms with Crippen LogP contribution >= 0.6 is 0 Å². The number of carboxylic acid groups (broad SMARTS) is 1. The van der Waals surface area contributed by atoms with E-state index in [0.717, 1.165) is 0 Å². The average Bonchev–Trinajstić information content (AvgIpc) is 3.54. The first-order valence-electron chi connectivity index (χ1n) is 13.6. The summed E-state index contributed by atoms with van der Waals surface area (Å²) >= 11 is 0. The molecule has 48 heavy (non-hydrogen) atoms. The van der Waals surface area contributed by atoms with E-state index in [-0.39, 0.29) is 75.5 Å². The van der Waals surface area contributed by atoms with Crippen LogP contribution in [0.1, 0.15) is 50.0 Å². The van der Waals surface area contributed by atoms with Crippen molar-refractivity contribution in [1.29, 1.82) is 0 Å². The van der Waals surface area contributed by atoms with Gasteiger partial charge in [-0.1, -0.05) is 50.0 Å². The van der Waals surface area contributed by atoms with Gasteiger partial charge in [0.15, 0.2) is 29.2 Å². The number of nitrogens with one attached hydrogen (secondary N) is 4. The van der Waals surface area contributed by atoms with E-state index in [2.05, 4.69) is 51.2 Å². The van der Waals surface area contributed by atoms with Crippen LogP contribution in [-0.2, 0) is 28.5 Å². The van der Waals surface area contributed by atoms with Crippen LogP contribution in [0.2, 0.25) is 0 Å². The van der Waals surface area contributed by atoms with Gasteiger partial charge in [0.25, 0.3) is 5.91 Å². The molecule has 2 aliphatic heterocycles. The molecule has 0 saturated heterocycles. The number of imidazole rings is 1. The smallest absolute Gasteiger partial charge is 0.410 e. The number of hydrogen-bond acceptors (Lipinski definition) is 12. The van der Waals surface area contributed by atoms with Crippen LogP contribution in [0.15, 0.2) is 39.7 Å². The number of carbonyl (C=O) groups is 4. The molecular formula is C29H47N13O6. The summed E-state index contributed by atoms with van der Waals surface area (Å²) in [7, 11) is 5.16. The quantitative estimate of drug-likeness (QED) is 0.267. The lowest BCUT2D eigenvalue weighted by atomic mass is 10.2. The number of rotatable bonds is 4. The Morgan fingerprint density at radius 1 is 0.896 bits per heavy atom. The number of fused-ring (bicyclic) bond motifs is 2. The molecule has 0 spiro atoms. The second-order valence-corrected chi connectivity index (χ2v) is 10.4. The van der Waals surface area contributed by atoms with E-state index in [1.165, 1.54) is 10.9 Å². The molecule has 0 radical (unpaired) electrons. The third-order valence-corrected chi connectivity index (χ3v) is 6.12. The zero-order chi connectivity index (χ0) is 33.4. The highest BCUT2D eigenvalue weighted by Crippen LogP contribution is 2.17. The molecule has 5 rings (SSSR count). The van der Waals surface area contributed by atoms with Crippen LogP contribution in [0.5, 0.6) is 0 Å². The van der Waals surface area contributed by atoms with Crippen molar-refractivity contribution in [2.75, 3.05) is 17.7 Å². The number of guanidine groups is 1. The maximum atomic E-state index is 11.7. The third kappa shape index (κ3) is 11.0. The summed E-state index contributed by atoms with van der Waals surface area (Å²) in [5, 5.41) is 18.3. The van der Waals surface area contributed by atoms with Crippen molar-refractivity contribution < 1.29 is 24.3 Å². The highest BCUT2D eigenvalue weighted by molar-refractivity contribution is 6.08. The van der Waals surface area contributed by atoms with Gasteiger partial charge in [-0.25, -0.2) is 29.5 Å². The minimum atomic E-state index is -1.17. The minimum Gasteiger partial charge on any atom is -0.465 e. The Morgan fingerprint density at radius 3 is 2.10 bits per heavy atom. The van der Waals surface area contributed by atoms with Crippen molar-refractivity contribution >= 4 is 58.9 Å². The number of hydrogen-bond donors (Lipinski definition) is 5. The van der Waals surface area contributed by atoms with Crippen molar-refractivity contribution in [3.63, 3.8) is 0 Å². The van der Waals surface area contributed by atoms with Gasteiger partial charge in [-0.05, 0) is 6.07 Å². The molecule has 2 aliphatic rings. The molecule has 19 heteroatoms. The first kappa shape index (κ1) is 42.2. The molecule has 3 aromatic heterocycles. The number of anilines is 2. The van der Waals surface area contributed by atoms with Crippen molar-refractivity contribution in [1.82, 2.24) is 44.6 Å². The molecule has 2 unspecified atom stereocenters. The van der Waals surface area contributed by atoms with E-state index in [9.17, 15) is 24.0 Å². The molecule has 264 valence electrons. The van der Waals surface area contributed by atoms with E-state index in [0.29, 0.717) is 17.0 Å². The number of aliphatic imine (C=N–C) groups is 2. The van der Waals surface area contributed by atoms with Crippen LogP contribution in [0.4, 0.5) is 16.4 Å². The molecule has 0 aromatic carbocycles. The molecule has 4 amide bonds. The lowest BCUT2D eigenvalue weighted by Crippen LogP contribution is -2.56. The average molecular weight is 674 g/mol. The maximum absolute atomic E-state index is 11.7. The summed E-state index contributed by atoms with van der Waals surface area (Å²) in [6.45, 7) is 7.09. The normalized spacial score (nSPS) is 15.5. The Balaban J connectivity index is 0.000000674. The van der Waals surface area contributed by atoms with Crippen LogP contribution in [-0.4, -0.2) is 94.4 Å². The van der Waals surface area contributed by atoms with Gasteiger partial charge in [-0.2, -0.15) is 4.98 Å². The van der Waals surface area contributed by atoms with Gasteiger partial charge < -0.3 is 24.5 Å². The second-order valence-electron chi connectivity index (χ2n) is 10.4. The molecule has 5 N–H and O–H groups in total.